The molecule has 4 aromatic carbocycles. The summed E-state index contributed by atoms with van der Waals surface area (Å²) in [4.78, 5) is 63.9. The highest BCUT2D eigenvalue weighted by Gasteiger charge is 2.35. The third-order valence-electron chi connectivity index (χ3n) is 8.72. The number of carbonyl (C=O) groups is 5. The van der Waals surface area contributed by atoms with Gasteiger partial charge in [-0.3, -0.25) is 24.0 Å². The Morgan fingerprint density at radius 2 is 0.885 bits per heavy atom. The van der Waals surface area contributed by atoms with Gasteiger partial charge in [-0.1, -0.05) is 72.2 Å². The van der Waals surface area contributed by atoms with Crippen LogP contribution in [0.2, 0.25) is 0 Å². The Morgan fingerprint density at radius 3 is 1.30 bits per heavy atom. The van der Waals surface area contributed by atoms with Gasteiger partial charge in [-0.05, 0) is 73.2 Å². The van der Waals surface area contributed by atoms with Crippen molar-refractivity contribution < 1.29 is 49.5 Å². The largest absolute Gasteiger partial charge is 0.391 e. The van der Waals surface area contributed by atoms with E-state index in [0.29, 0.717) is 5.69 Å². The number of aliphatic hydroxyl groups excluding tert-OH is 5. The Labute approximate surface area is 355 Å². The summed E-state index contributed by atoms with van der Waals surface area (Å²) in [6, 6.07) is 31.7. The van der Waals surface area contributed by atoms with Gasteiger partial charge in [0.1, 0.15) is 6.04 Å². The van der Waals surface area contributed by atoms with Crippen molar-refractivity contribution in [1.29, 1.82) is 0 Å². The highest BCUT2D eigenvalue weighted by Crippen LogP contribution is 2.12. The van der Waals surface area contributed by atoms with Crippen LogP contribution in [0.15, 0.2) is 109 Å². The Kier molecular flexibility index (Phi) is 18.8. The SMILES string of the molecule is CN(C)C(=O)[C@H](O)[C@@H](O)C(=O)N(C)Cc1ccc(C#Cc2ccccc2)cc1.C[C@H](O)[C@@H](NC(=O)[C@H](O)[C@@H](O)C(=O)N(C)C)C(=O)Nc1ccc(C#Cc2ccccc2)cc1. The topological polar surface area (TPSA) is 220 Å². The number of carbonyl (C=O) groups excluding carboxylic acids is 5. The fourth-order valence-corrected chi connectivity index (χ4v) is 5.18. The highest BCUT2D eigenvalue weighted by molar-refractivity contribution is 5.99. The molecule has 0 bridgehead atoms. The molecular weight excluding hydrogens is 783 g/mol. The van der Waals surface area contributed by atoms with Crippen LogP contribution in [0.3, 0.4) is 0 Å². The molecule has 15 heteroatoms. The Bertz CT molecular complexity index is 2210. The van der Waals surface area contributed by atoms with Crippen molar-refractivity contribution in [3.63, 3.8) is 0 Å². The van der Waals surface area contributed by atoms with Crippen LogP contribution in [0.1, 0.15) is 34.7 Å². The van der Waals surface area contributed by atoms with Gasteiger partial charge in [0.25, 0.3) is 23.6 Å². The van der Waals surface area contributed by atoms with Crippen molar-refractivity contribution in [3.8, 4) is 23.7 Å². The molecule has 6 atom stereocenters. The van der Waals surface area contributed by atoms with Crippen molar-refractivity contribution in [3.05, 3.63) is 137 Å². The van der Waals surface area contributed by atoms with Gasteiger partial charge in [0, 0.05) is 69.7 Å². The second-order valence-electron chi connectivity index (χ2n) is 14.2. The van der Waals surface area contributed by atoms with Gasteiger partial charge in [-0.15, -0.1) is 0 Å². The van der Waals surface area contributed by atoms with E-state index >= 15 is 0 Å². The molecule has 61 heavy (non-hydrogen) atoms. The Balaban J connectivity index is 0.000000330. The van der Waals surface area contributed by atoms with E-state index in [1.165, 1.54) is 47.1 Å². The third kappa shape index (κ3) is 15.4. The second-order valence-corrected chi connectivity index (χ2v) is 14.2. The third-order valence-corrected chi connectivity index (χ3v) is 8.72. The van der Waals surface area contributed by atoms with E-state index in [9.17, 15) is 49.5 Å². The minimum absolute atomic E-state index is 0.227. The summed E-state index contributed by atoms with van der Waals surface area (Å²) in [5, 5.41) is 54.2. The second kappa shape index (κ2) is 23.7. The number of nitrogens with one attached hydrogen (secondary N) is 2. The van der Waals surface area contributed by atoms with Gasteiger partial charge in [0.05, 0.1) is 6.10 Å². The van der Waals surface area contributed by atoms with Crippen molar-refractivity contribution in [2.45, 2.75) is 50.0 Å². The standard InChI is InChI=1S/C24H27N3O6.C22H24N2O4/c1-15(28)19(26-23(32)20(29)21(30)24(33)27(2)3)22(31)25-18-13-11-17(12-14-18)10-9-16-7-5-4-6-8-16;1-23(2)21(27)19(25)20(26)22(28)24(3)15-18-13-11-17(12-14-18)10-9-16-7-5-4-6-8-16/h4-8,11-15,19-21,28-30H,1-3H3,(H,25,31)(H,26,32);4-8,11-14,19-20,25-26H,15H2,1-3H3/t15-,19+,20+,21+;19-,20-/m01/s1. The zero-order valence-electron chi connectivity index (χ0n) is 34.7. The molecule has 0 heterocycles. The van der Waals surface area contributed by atoms with Gasteiger partial charge in [-0.2, -0.15) is 0 Å². The maximum Gasteiger partial charge on any atom is 0.254 e. The maximum absolute atomic E-state index is 12.6. The monoisotopic (exact) mass is 833 g/mol. The van der Waals surface area contributed by atoms with E-state index in [0.717, 1.165) is 37.6 Å². The fraction of sp³-hybridized carbons (Fsp3) is 0.283. The van der Waals surface area contributed by atoms with Gasteiger partial charge >= 0.3 is 0 Å². The van der Waals surface area contributed by atoms with E-state index in [1.54, 1.807) is 24.3 Å². The summed E-state index contributed by atoms with van der Waals surface area (Å²) in [5.74, 6) is 7.92. The molecule has 0 aliphatic rings. The molecule has 7 N–H and O–H groups in total. The van der Waals surface area contributed by atoms with Gasteiger partial charge < -0.3 is 50.9 Å². The molecule has 5 amide bonds. The number of amides is 5. The normalized spacial score (nSPS) is 13.2. The van der Waals surface area contributed by atoms with Crippen LogP contribution >= 0.6 is 0 Å². The van der Waals surface area contributed by atoms with E-state index < -0.39 is 66.1 Å². The minimum Gasteiger partial charge on any atom is -0.391 e. The molecule has 0 saturated heterocycles. The molecule has 0 aromatic heterocycles. The average Bonchev–Trinajstić information content (AvgIpc) is 3.26. The van der Waals surface area contributed by atoms with Crippen molar-refractivity contribution in [2.24, 2.45) is 0 Å². The number of rotatable bonds is 12. The molecule has 4 aromatic rings. The highest BCUT2D eigenvalue weighted by atomic mass is 16.4. The molecule has 0 radical (unpaired) electrons. The van der Waals surface area contributed by atoms with E-state index in [4.69, 9.17) is 0 Å². The molecule has 0 unspecified atom stereocenters. The van der Waals surface area contributed by atoms with Crippen LogP contribution in [0.25, 0.3) is 0 Å². The summed E-state index contributed by atoms with van der Waals surface area (Å²) in [6.07, 6.45) is -9.05. The number of anilines is 1. The summed E-state index contributed by atoms with van der Waals surface area (Å²) in [6.45, 7) is 1.51. The molecule has 4 rings (SSSR count). The van der Waals surface area contributed by atoms with Crippen molar-refractivity contribution in [1.82, 2.24) is 20.0 Å². The minimum atomic E-state index is -2.11. The summed E-state index contributed by atoms with van der Waals surface area (Å²) in [5.41, 5.74) is 4.59. The summed E-state index contributed by atoms with van der Waals surface area (Å²) >= 11 is 0. The lowest BCUT2D eigenvalue weighted by Crippen LogP contribution is -2.56. The first kappa shape index (κ1) is 48.5. The fourth-order valence-electron chi connectivity index (χ4n) is 5.18. The molecular formula is C46H51N5O10. The quantitative estimate of drug-likeness (QED) is 0.0984. The number of nitrogens with zero attached hydrogens (tertiary/aromatic N) is 3. The predicted molar refractivity (Wildman–Crippen MR) is 228 cm³/mol. The number of benzene rings is 4. The predicted octanol–water partition coefficient (Wildman–Crippen LogP) is 0.555. The lowest BCUT2D eigenvalue weighted by atomic mass is 10.1. The van der Waals surface area contributed by atoms with Gasteiger partial charge in [0.15, 0.2) is 24.4 Å². The van der Waals surface area contributed by atoms with Crippen LogP contribution in [-0.4, -0.2) is 142 Å². The Morgan fingerprint density at radius 1 is 0.508 bits per heavy atom. The first-order valence-corrected chi connectivity index (χ1v) is 18.9. The van der Waals surface area contributed by atoms with E-state index in [-0.39, 0.29) is 6.54 Å². The lowest BCUT2D eigenvalue weighted by Gasteiger charge is -2.24. The first-order valence-electron chi connectivity index (χ1n) is 18.9. The number of aliphatic hydroxyl groups is 5. The summed E-state index contributed by atoms with van der Waals surface area (Å²) < 4.78 is 0. The lowest BCUT2D eigenvalue weighted by molar-refractivity contribution is -0.156. The molecule has 15 nitrogen and oxygen atoms in total. The van der Waals surface area contributed by atoms with Crippen LogP contribution < -0.4 is 10.6 Å². The Hall–Kier alpha value is -6.85. The molecule has 0 aliphatic carbocycles. The van der Waals surface area contributed by atoms with Crippen LogP contribution in [-0.2, 0) is 30.5 Å². The smallest absolute Gasteiger partial charge is 0.254 e. The van der Waals surface area contributed by atoms with Crippen LogP contribution in [0.5, 0.6) is 0 Å². The first-order chi connectivity index (χ1) is 28.9. The summed E-state index contributed by atoms with van der Waals surface area (Å²) in [7, 11) is 7.08. The van der Waals surface area contributed by atoms with Crippen molar-refractivity contribution >= 4 is 35.2 Å². The number of hydrogen-bond donors (Lipinski definition) is 7. The maximum atomic E-state index is 12.6. The van der Waals surface area contributed by atoms with Gasteiger partial charge in [-0.25, -0.2) is 0 Å². The molecule has 0 saturated carbocycles. The zero-order valence-corrected chi connectivity index (χ0v) is 34.7. The van der Waals surface area contributed by atoms with Crippen LogP contribution in [0, 0.1) is 23.7 Å². The number of likely N-dealkylation sites (N-methyl/N-ethyl adjacent to an activating group) is 3. The number of hydrogen-bond acceptors (Lipinski definition) is 10. The van der Waals surface area contributed by atoms with Crippen LogP contribution in [0.4, 0.5) is 5.69 Å². The molecule has 0 fully saturated rings. The van der Waals surface area contributed by atoms with E-state index in [2.05, 4.69) is 34.3 Å². The average molecular weight is 834 g/mol. The zero-order chi connectivity index (χ0) is 45.2. The molecule has 320 valence electrons. The van der Waals surface area contributed by atoms with Gasteiger partial charge in [0.2, 0.25) is 5.91 Å². The molecule has 0 aliphatic heterocycles. The van der Waals surface area contributed by atoms with E-state index in [1.807, 2.05) is 84.9 Å². The molecule has 0 spiro atoms. The van der Waals surface area contributed by atoms with Crippen molar-refractivity contribution in [2.75, 3.05) is 40.6 Å².